The summed E-state index contributed by atoms with van der Waals surface area (Å²) in [6.45, 7) is 2.06. The average molecular weight is 531 g/mol. The SMILES string of the molecule is CCOc1cc(/C=N/NC(=O)c2ccc(Br)cc2)ccc1OCC(=O)Nc1ccc(Cl)cc1. The Labute approximate surface area is 204 Å². The van der Waals surface area contributed by atoms with Gasteiger partial charge in [0.1, 0.15) is 0 Å². The third kappa shape index (κ3) is 7.62. The van der Waals surface area contributed by atoms with Gasteiger partial charge in [0, 0.05) is 20.7 Å². The van der Waals surface area contributed by atoms with E-state index in [4.69, 9.17) is 21.1 Å². The quantitative estimate of drug-likeness (QED) is 0.291. The molecule has 0 saturated carbocycles. The molecule has 0 spiro atoms. The van der Waals surface area contributed by atoms with Gasteiger partial charge in [-0.3, -0.25) is 9.59 Å². The first-order valence-electron chi connectivity index (χ1n) is 9.98. The minimum absolute atomic E-state index is 0.195. The molecule has 170 valence electrons. The van der Waals surface area contributed by atoms with Gasteiger partial charge in [-0.05, 0) is 79.2 Å². The Balaban J connectivity index is 1.59. The van der Waals surface area contributed by atoms with Gasteiger partial charge in [0.2, 0.25) is 0 Å². The Hall–Kier alpha value is -3.36. The van der Waals surface area contributed by atoms with E-state index < -0.39 is 0 Å². The standard InChI is InChI=1S/C24H21BrClN3O4/c1-2-32-22-13-16(14-27-29-24(31)17-4-6-18(25)7-5-17)3-12-21(22)33-15-23(30)28-20-10-8-19(26)9-11-20/h3-14H,2,15H2,1H3,(H,28,30)(H,29,31)/b27-14+. The highest BCUT2D eigenvalue weighted by Gasteiger charge is 2.10. The number of halogens is 2. The normalized spacial score (nSPS) is 10.6. The molecular formula is C24H21BrClN3O4. The highest BCUT2D eigenvalue weighted by Crippen LogP contribution is 2.28. The third-order valence-corrected chi connectivity index (χ3v) is 5.02. The summed E-state index contributed by atoms with van der Waals surface area (Å²) in [5.74, 6) is 0.232. The van der Waals surface area contributed by atoms with E-state index in [-0.39, 0.29) is 18.4 Å². The zero-order valence-electron chi connectivity index (χ0n) is 17.7. The lowest BCUT2D eigenvalue weighted by molar-refractivity contribution is -0.118. The smallest absolute Gasteiger partial charge is 0.271 e. The molecule has 0 atom stereocenters. The lowest BCUT2D eigenvalue weighted by Gasteiger charge is -2.12. The maximum atomic E-state index is 12.2. The van der Waals surface area contributed by atoms with Crippen molar-refractivity contribution in [3.05, 3.63) is 87.4 Å². The molecule has 3 aromatic carbocycles. The molecule has 3 rings (SSSR count). The predicted octanol–water partition coefficient (Wildman–Crippen LogP) is 5.28. The first kappa shape index (κ1) is 24.3. The average Bonchev–Trinajstić information content (AvgIpc) is 2.80. The van der Waals surface area contributed by atoms with Crippen molar-refractivity contribution in [2.75, 3.05) is 18.5 Å². The highest BCUT2D eigenvalue weighted by atomic mass is 79.9. The Morgan fingerprint density at radius 2 is 1.73 bits per heavy atom. The van der Waals surface area contributed by atoms with Crippen LogP contribution in [0, 0.1) is 0 Å². The Kier molecular flexibility index (Phi) is 8.86. The number of nitrogens with one attached hydrogen (secondary N) is 2. The van der Waals surface area contributed by atoms with Crippen LogP contribution in [0.4, 0.5) is 5.69 Å². The third-order valence-electron chi connectivity index (χ3n) is 4.24. The van der Waals surface area contributed by atoms with Gasteiger partial charge in [0.15, 0.2) is 18.1 Å². The molecular weight excluding hydrogens is 510 g/mol. The van der Waals surface area contributed by atoms with E-state index >= 15 is 0 Å². The molecule has 33 heavy (non-hydrogen) atoms. The molecule has 9 heteroatoms. The lowest BCUT2D eigenvalue weighted by atomic mass is 10.2. The molecule has 0 aliphatic rings. The molecule has 0 bridgehead atoms. The number of nitrogens with zero attached hydrogens (tertiary/aromatic N) is 1. The molecule has 0 aliphatic heterocycles. The number of anilines is 1. The molecule has 0 heterocycles. The van der Waals surface area contributed by atoms with Crippen molar-refractivity contribution in [3.8, 4) is 11.5 Å². The fraction of sp³-hybridized carbons (Fsp3) is 0.125. The summed E-state index contributed by atoms with van der Waals surface area (Å²) >= 11 is 9.18. The fourth-order valence-corrected chi connectivity index (χ4v) is 3.09. The van der Waals surface area contributed by atoms with Gasteiger partial charge in [0.25, 0.3) is 11.8 Å². The van der Waals surface area contributed by atoms with Crippen molar-refractivity contribution >= 4 is 51.2 Å². The maximum Gasteiger partial charge on any atom is 0.271 e. The van der Waals surface area contributed by atoms with Gasteiger partial charge in [-0.25, -0.2) is 5.43 Å². The van der Waals surface area contributed by atoms with Crippen LogP contribution in [0.15, 0.2) is 76.3 Å². The Bertz CT molecular complexity index is 1140. The highest BCUT2D eigenvalue weighted by molar-refractivity contribution is 9.10. The molecule has 0 saturated heterocycles. The largest absolute Gasteiger partial charge is 0.490 e. The van der Waals surface area contributed by atoms with E-state index in [2.05, 4.69) is 31.8 Å². The van der Waals surface area contributed by atoms with Gasteiger partial charge in [-0.15, -0.1) is 0 Å². The van der Waals surface area contributed by atoms with Crippen LogP contribution < -0.4 is 20.2 Å². The molecule has 0 unspecified atom stereocenters. The van der Waals surface area contributed by atoms with Crippen molar-refractivity contribution in [2.45, 2.75) is 6.92 Å². The summed E-state index contributed by atoms with van der Waals surface area (Å²) < 4.78 is 12.1. The van der Waals surface area contributed by atoms with E-state index in [1.165, 1.54) is 6.21 Å². The molecule has 3 aromatic rings. The molecule has 0 fully saturated rings. The molecule has 0 aromatic heterocycles. The van der Waals surface area contributed by atoms with Crippen LogP contribution in [0.25, 0.3) is 0 Å². The minimum atomic E-state index is -0.324. The maximum absolute atomic E-state index is 12.2. The topological polar surface area (TPSA) is 89.0 Å². The summed E-state index contributed by atoms with van der Waals surface area (Å²) in [7, 11) is 0. The van der Waals surface area contributed by atoms with Crippen molar-refractivity contribution in [3.63, 3.8) is 0 Å². The van der Waals surface area contributed by atoms with Crippen molar-refractivity contribution in [1.29, 1.82) is 0 Å². The van der Waals surface area contributed by atoms with Crippen LogP contribution in [0.1, 0.15) is 22.8 Å². The second kappa shape index (κ2) is 12.0. The summed E-state index contributed by atoms with van der Waals surface area (Å²) in [6, 6.07) is 18.9. The van der Waals surface area contributed by atoms with Crippen molar-refractivity contribution in [2.24, 2.45) is 5.10 Å². The van der Waals surface area contributed by atoms with Gasteiger partial charge in [0.05, 0.1) is 12.8 Å². The first-order valence-corrected chi connectivity index (χ1v) is 11.2. The van der Waals surface area contributed by atoms with Gasteiger partial charge in [-0.1, -0.05) is 27.5 Å². The van der Waals surface area contributed by atoms with Crippen LogP contribution >= 0.6 is 27.5 Å². The zero-order valence-corrected chi connectivity index (χ0v) is 20.0. The Morgan fingerprint density at radius 3 is 2.42 bits per heavy atom. The number of hydrogen-bond acceptors (Lipinski definition) is 5. The zero-order chi connectivity index (χ0) is 23.6. The molecule has 0 aliphatic carbocycles. The summed E-state index contributed by atoms with van der Waals surface area (Å²) in [6.07, 6.45) is 1.50. The van der Waals surface area contributed by atoms with E-state index in [1.807, 2.05) is 6.92 Å². The number of rotatable bonds is 9. The summed E-state index contributed by atoms with van der Waals surface area (Å²) in [5, 5.41) is 7.31. The fourth-order valence-electron chi connectivity index (χ4n) is 2.70. The molecule has 7 nitrogen and oxygen atoms in total. The van der Waals surface area contributed by atoms with Crippen molar-refractivity contribution < 1.29 is 19.1 Å². The van der Waals surface area contributed by atoms with E-state index in [0.29, 0.717) is 39.9 Å². The number of hydrogen-bond donors (Lipinski definition) is 2. The van der Waals surface area contributed by atoms with E-state index in [1.54, 1.807) is 66.7 Å². The van der Waals surface area contributed by atoms with Gasteiger partial charge < -0.3 is 14.8 Å². The number of carbonyl (C=O) groups excluding carboxylic acids is 2. The van der Waals surface area contributed by atoms with Crippen molar-refractivity contribution in [1.82, 2.24) is 5.43 Å². The predicted molar refractivity (Wildman–Crippen MR) is 132 cm³/mol. The van der Waals surface area contributed by atoms with Crippen LogP contribution in [-0.2, 0) is 4.79 Å². The van der Waals surface area contributed by atoms with Crippen LogP contribution in [0.2, 0.25) is 5.02 Å². The number of carbonyl (C=O) groups is 2. The number of benzene rings is 3. The van der Waals surface area contributed by atoms with Crippen LogP contribution in [0.5, 0.6) is 11.5 Å². The van der Waals surface area contributed by atoms with Crippen LogP contribution in [-0.4, -0.2) is 31.2 Å². The first-order chi connectivity index (χ1) is 15.9. The van der Waals surface area contributed by atoms with E-state index in [0.717, 1.165) is 4.47 Å². The Morgan fingerprint density at radius 1 is 1.00 bits per heavy atom. The summed E-state index contributed by atoms with van der Waals surface area (Å²) in [5.41, 5.74) is 4.28. The van der Waals surface area contributed by atoms with Crippen LogP contribution in [0.3, 0.4) is 0 Å². The van der Waals surface area contributed by atoms with Gasteiger partial charge in [-0.2, -0.15) is 5.10 Å². The number of ether oxygens (including phenoxy) is 2. The molecule has 2 N–H and O–H groups in total. The van der Waals surface area contributed by atoms with E-state index in [9.17, 15) is 9.59 Å². The number of amides is 2. The second-order valence-corrected chi connectivity index (χ2v) is 8.04. The molecule has 2 amide bonds. The molecule has 0 radical (unpaired) electrons. The second-order valence-electron chi connectivity index (χ2n) is 6.69. The summed E-state index contributed by atoms with van der Waals surface area (Å²) in [4.78, 5) is 24.3. The van der Waals surface area contributed by atoms with Gasteiger partial charge >= 0.3 is 0 Å². The minimum Gasteiger partial charge on any atom is -0.490 e. The number of hydrazone groups is 1. The monoisotopic (exact) mass is 529 g/mol. The lowest BCUT2D eigenvalue weighted by Crippen LogP contribution is -2.20.